The largest absolute Gasteiger partial charge is 0.472 e. The fourth-order valence-corrected chi connectivity index (χ4v) is 16.7. The highest BCUT2D eigenvalue weighted by Crippen LogP contribution is 2.30. The van der Waals surface area contributed by atoms with Crippen LogP contribution in [0.2, 0.25) is 65.0 Å². The third-order valence-electron chi connectivity index (χ3n) is 2.44. The quantitative estimate of drug-likeness (QED) is 0.380. The summed E-state index contributed by atoms with van der Waals surface area (Å²) in [7, 11) is -8.69. The Kier molecular flexibility index (Phi) is 9.82. The van der Waals surface area contributed by atoms with Crippen LogP contribution in [0, 0.1) is 6.61 Å². The first-order chi connectivity index (χ1) is 10.6. The van der Waals surface area contributed by atoms with Crippen LogP contribution < -0.4 is 0 Å². The van der Waals surface area contributed by atoms with Gasteiger partial charge in [-0.2, -0.15) is 0 Å². The van der Waals surface area contributed by atoms with E-state index in [2.05, 4.69) is 58.9 Å². The molecule has 0 heterocycles. The minimum atomic E-state index is -2.98. The molecule has 0 rings (SSSR count). The average molecular weight is 412 g/mol. The van der Waals surface area contributed by atoms with Crippen LogP contribution in [0.15, 0.2) is 0 Å². The fourth-order valence-electron chi connectivity index (χ4n) is 2.23. The molecule has 0 aliphatic carbocycles. The number of ether oxygens (including phenoxy) is 1. The van der Waals surface area contributed by atoms with Gasteiger partial charge in [0.15, 0.2) is 25.0 Å². The Balaban J connectivity index is 5.45. The van der Waals surface area contributed by atoms with Gasteiger partial charge in [0.2, 0.25) is 0 Å². The Labute approximate surface area is 153 Å². The van der Waals surface area contributed by atoms with Crippen molar-refractivity contribution in [1.82, 2.24) is 0 Å². The van der Waals surface area contributed by atoms with E-state index in [1.807, 2.05) is 6.92 Å². The first-order valence-electron chi connectivity index (χ1n) is 8.79. The van der Waals surface area contributed by atoms with Crippen molar-refractivity contribution in [1.29, 1.82) is 0 Å². The van der Waals surface area contributed by atoms with Gasteiger partial charge in [-0.15, -0.1) is 0 Å². The first-order valence-corrected chi connectivity index (χ1v) is 20.9. The lowest BCUT2D eigenvalue weighted by atomic mass is 10.4. The van der Waals surface area contributed by atoms with Gasteiger partial charge in [-0.3, -0.25) is 0 Å². The molecule has 5 nitrogen and oxygen atoms in total. The van der Waals surface area contributed by atoms with E-state index >= 15 is 0 Å². The highest BCUT2D eigenvalue weighted by atomic mass is 28.5. The molecule has 0 aliphatic rings. The third kappa shape index (κ3) is 12.9. The van der Waals surface area contributed by atoms with Crippen molar-refractivity contribution >= 4 is 33.8 Å². The van der Waals surface area contributed by atoms with Gasteiger partial charge in [0, 0.05) is 6.04 Å². The van der Waals surface area contributed by atoms with E-state index in [1.165, 1.54) is 0 Å². The predicted octanol–water partition coefficient (Wildman–Crippen LogP) is 4.43. The second kappa shape index (κ2) is 9.56. The lowest BCUT2D eigenvalue weighted by molar-refractivity contribution is 0.0660. The second-order valence-corrected chi connectivity index (χ2v) is 26.0. The monoisotopic (exact) mass is 411 g/mol. The molecule has 0 bridgehead atoms. The van der Waals surface area contributed by atoms with Crippen LogP contribution in [0.4, 0.5) is 0 Å². The molecule has 145 valence electrons. The van der Waals surface area contributed by atoms with Gasteiger partial charge in [-0.05, 0) is 65.3 Å². The highest BCUT2D eigenvalue weighted by Gasteiger charge is 2.51. The molecule has 9 heteroatoms. The molecule has 0 spiro atoms. The Morgan fingerprint density at radius 2 is 1.17 bits per heavy atom. The zero-order valence-corrected chi connectivity index (χ0v) is 21.4. The summed E-state index contributed by atoms with van der Waals surface area (Å²) in [5.41, 5.74) is 0. The molecule has 0 aliphatic heterocycles. The van der Waals surface area contributed by atoms with Gasteiger partial charge in [0.1, 0.15) is 0 Å². The molecule has 1 N–H and O–H groups in total. The van der Waals surface area contributed by atoms with Gasteiger partial charge in [0.25, 0.3) is 0 Å². The standard InChI is InChI=1S/C15H39O5Si4/c1-11-12-17-13-15(16)14-24(18-21(2,3)4,19-22(5,6)7)20-23(8,9)10/h12,15-16H,11,13-14H2,1-10H3. The van der Waals surface area contributed by atoms with Crippen LogP contribution in [0.1, 0.15) is 13.3 Å². The fraction of sp³-hybridized carbons (Fsp3) is 0.933. The first kappa shape index (κ1) is 24.7. The van der Waals surface area contributed by atoms with Crippen LogP contribution in [-0.2, 0) is 17.1 Å². The van der Waals surface area contributed by atoms with Crippen molar-refractivity contribution < 1.29 is 22.2 Å². The Hall–Kier alpha value is 0.668. The lowest BCUT2D eigenvalue weighted by Crippen LogP contribution is -2.61. The smallest absolute Gasteiger partial charge is 0.417 e. The van der Waals surface area contributed by atoms with E-state index in [9.17, 15) is 5.11 Å². The van der Waals surface area contributed by atoms with Gasteiger partial charge in [-0.25, -0.2) is 0 Å². The van der Waals surface area contributed by atoms with E-state index in [1.54, 1.807) is 6.61 Å². The van der Waals surface area contributed by atoms with Crippen molar-refractivity contribution in [2.45, 2.75) is 84.4 Å². The Morgan fingerprint density at radius 3 is 1.46 bits per heavy atom. The average Bonchev–Trinajstić information content (AvgIpc) is 2.20. The van der Waals surface area contributed by atoms with Crippen LogP contribution in [-0.4, -0.2) is 51.6 Å². The van der Waals surface area contributed by atoms with Crippen LogP contribution in [0.3, 0.4) is 0 Å². The molecule has 0 aromatic rings. The number of aliphatic hydroxyl groups excluding tert-OH is 1. The summed E-state index contributed by atoms with van der Waals surface area (Å²) in [5.74, 6) is 0. The molecule has 0 aromatic carbocycles. The Bertz CT molecular complexity index is 320. The number of rotatable bonds is 12. The summed E-state index contributed by atoms with van der Waals surface area (Å²) < 4.78 is 25.0. The molecule has 1 radical (unpaired) electrons. The van der Waals surface area contributed by atoms with E-state index in [4.69, 9.17) is 17.1 Å². The van der Waals surface area contributed by atoms with Gasteiger partial charge < -0.3 is 22.2 Å². The zero-order valence-electron chi connectivity index (χ0n) is 17.4. The minimum absolute atomic E-state index is 0.252. The van der Waals surface area contributed by atoms with E-state index < -0.39 is 39.9 Å². The van der Waals surface area contributed by atoms with Crippen LogP contribution in [0.5, 0.6) is 0 Å². The van der Waals surface area contributed by atoms with Crippen molar-refractivity contribution in [3.63, 3.8) is 0 Å². The number of hydrogen-bond donors (Lipinski definition) is 1. The molecule has 0 amide bonds. The maximum absolute atomic E-state index is 10.5. The van der Waals surface area contributed by atoms with Gasteiger partial charge >= 0.3 is 8.80 Å². The van der Waals surface area contributed by atoms with Gasteiger partial charge in [0.05, 0.1) is 19.3 Å². The number of aliphatic hydroxyl groups is 1. The predicted molar refractivity (Wildman–Crippen MR) is 110 cm³/mol. The van der Waals surface area contributed by atoms with Crippen LogP contribution in [0.25, 0.3) is 0 Å². The molecule has 0 saturated carbocycles. The normalized spacial score (nSPS) is 15.6. The summed E-state index contributed by atoms with van der Waals surface area (Å²) in [5, 5.41) is 10.5. The third-order valence-corrected chi connectivity index (χ3v) is 14.5. The van der Waals surface area contributed by atoms with Crippen molar-refractivity contribution in [3.05, 3.63) is 6.61 Å². The van der Waals surface area contributed by atoms with Crippen molar-refractivity contribution in [2.75, 3.05) is 6.61 Å². The summed E-state index contributed by atoms with van der Waals surface area (Å²) in [6.45, 7) is 23.2. The van der Waals surface area contributed by atoms with E-state index in [-0.39, 0.29) is 6.61 Å². The number of hydrogen-bond acceptors (Lipinski definition) is 5. The summed E-state index contributed by atoms with van der Waals surface area (Å²) in [6.07, 6.45) is 0.167. The molecule has 1 unspecified atom stereocenters. The van der Waals surface area contributed by atoms with Crippen molar-refractivity contribution in [3.8, 4) is 0 Å². The van der Waals surface area contributed by atoms with E-state index in [0.717, 1.165) is 6.42 Å². The molecule has 24 heavy (non-hydrogen) atoms. The summed E-state index contributed by atoms with van der Waals surface area (Å²) in [6, 6.07) is 0.392. The molecule has 1 atom stereocenters. The molecule has 0 saturated heterocycles. The topological polar surface area (TPSA) is 57.2 Å². The maximum atomic E-state index is 10.5. The van der Waals surface area contributed by atoms with E-state index in [0.29, 0.717) is 6.04 Å². The minimum Gasteiger partial charge on any atom is -0.417 e. The molecular formula is C15H39O5Si4. The van der Waals surface area contributed by atoms with Crippen LogP contribution >= 0.6 is 0 Å². The summed E-state index contributed by atoms with van der Waals surface area (Å²) >= 11 is 0. The lowest BCUT2D eigenvalue weighted by Gasteiger charge is -2.43. The molecular weight excluding hydrogens is 373 g/mol. The highest BCUT2D eigenvalue weighted by molar-refractivity contribution is 6.90. The molecule has 0 fully saturated rings. The molecule has 0 aromatic heterocycles. The van der Waals surface area contributed by atoms with Gasteiger partial charge in [-0.1, -0.05) is 6.92 Å². The zero-order chi connectivity index (χ0) is 19.2. The second-order valence-electron chi connectivity index (χ2n) is 9.09. The SMILES string of the molecule is CC[CH]OCC(O)C[Si](O[Si](C)(C)C)(O[Si](C)(C)C)O[Si](C)(C)C. The maximum Gasteiger partial charge on any atom is 0.472 e. The van der Waals surface area contributed by atoms with Crippen molar-refractivity contribution in [2.24, 2.45) is 0 Å². The Morgan fingerprint density at radius 1 is 0.792 bits per heavy atom. The summed E-state index contributed by atoms with van der Waals surface area (Å²) in [4.78, 5) is 0.